The lowest BCUT2D eigenvalue weighted by Gasteiger charge is -2.64. The molecule has 1 saturated heterocycles. The Balaban J connectivity index is 1.32. The van der Waals surface area contributed by atoms with Crippen LogP contribution in [0.5, 0.6) is 5.75 Å². The van der Waals surface area contributed by atoms with Crippen molar-refractivity contribution in [3.8, 4) is 5.75 Å². The number of rotatable bonds is 14. The van der Waals surface area contributed by atoms with Crippen LogP contribution in [0.25, 0.3) is 0 Å². The molecular formula is C42H56BN5O12S2. The van der Waals surface area contributed by atoms with Gasteiger partial charge in [0.05, 0.1) is 30.4 Å². The van der Waals surface area contributed by atoms with E-state index in [1.54, 1.807) is 88.7 Å². The smallest absolute Gasteiger partial charge is 0.482 e. The van der Waals surface area contributed by atoms with Gasteiger partial charge in [-0.05, 0) is 102 Å². The van der Waals surface area contributed by atoms with Gasteiger partial charge in [0.15, 0.2) is 5.13 Å². The van der Waals surface area contributed by atoms with E-state index >= 15 is 0 Å². The predicted octanol–water partition coefficient (Wildman–Crippen LogP) is 6.25. The lowest BCUT2D eigenvalue weighted by molar-refractivity contribution is -0.199. The van der Waals surface area contributed by atoms with E-state index in [-0.39, 0.29) is 52.6 Å². The molecule has 4 fully saturated rings. The number of aromatic nitrogens is 1. The number of amides is 3. The molecule has 1 aromatic heterocycles. The topological polar surface area (TPSA) is 219 Å². The van der Waals surface area contributed by atoms with E-state index in [1.165, 1.54) is 12.5 Å². The molecule has 4 aliphatic rings. The number of nitrogens with zero attached hydrogens (tertiary/aromatic N) is 1. The number of para-hydroxylation sites is 1. The molecular weight excluding hydrogens is 841 g/mol. The summed E-state index contributed by atoms with van der Waals surface area (Å²) < 4.78 is 66.5. The maximum Gasteiger partial charge on any atom is 0.482 e. The molecule has 20 heteroatoms. The summed E-state index contributed by atoms with van der Waals surface area (Å²) in [6.07, 6.45) is -0.713. The Morgan fingerprint density at radius 1 is 0.952 bits per heavy atom. The number of carbonyl (C=O) groups excluding carboxylic acids is 4. The van der Waals surface area contributed by atoms with Crippen molar-refractivity contribution >= 4 is 57.9 Å². The molecule has 62 heavy (non-hydrogen) atoms. The Kier molecular flexibility index (Phi) is 13.4. The Labute approximate surface area is 367 Å². The number of carbonyl (C=O) groups is 4. The molecule has 3 aliphatic carbocycles. The first-order valence-corrected chi connectivity index (χ1v) is 22.7. The van der Waals surface area contributed by atoms with E-state index in [9.17, 15) is 27.6 Å². The van der Waals surface area contributed by atoms with Crippen LogP contribution < -0.4 is 24.8 Å². The van der Waals surface area contributed by atoms with E-state index in [0.29, 0.717) is 11.5 Å². The van der Waals surface area contributed by atoms with Crippen LogP contribution in [0, 0.1) is 17.3 Å². The summed E-state index contributed by atoms with van der Waals surface area (Å²) in [5.41, 5.74) is -1.26. The zero-order valence-corrected chi connectivity index (χ0v) is 38.3. The van der Waals surface area contributed by atoms with E-state index in [2.05, 4.69) is 34.2 Å². The van der Waals surface area contributed by atoms with Gasteiger partial charge in [0, 0.05) is 5.38 Å². The molecule has 1 aliphatic heterocycles. The minimum absolute atomic E-state index is 0.00204. The maximum absolute atomic E-state index is 14.7. The summed E-state index contributed by atoms with van der Waals surface area (Å²) in [7, 11) is -4.43. The molecule has 2 bridgehead atoms. The van der Waals surface area contributed by atoms with Crippen LogP contribution in [0.3, 0.4) is 0 Å². The lowest BCUT2D eigenvalue weighted by atomic mass is 9.43. The average Bonchev–Trinajstić information content (AvgIpc) is 3.78. The number of ether oxygens (including phenoxy) is 4. The molecule has 6 atom stereocenters. The highest BCUT2D eigenvalue weighted by molar-refractivity contribution is 7.88. The first-order chi connectivity index (χ1) is 28.9. The van der Waals surface area contributed by atoms with Crippen molar-refractivity contribution in [2.45, 2.75) is 123 Å². The van der Waals surface area contributed by atoms with Crippen LogP contribution in [0.1, 0.15) is 108 Å². The molecule has 336 valence electrons. The van der Waals surface area contributed by atoms with Crippen molar-refractivity contribution < 1.29 is 55.9 Å². The van der Waals surface area contributed by atoms with Gasteiger partial charge in [0.25, 0.3) is 0 Å². The summed E-state index contributed by atoms with van der Waals surface area (Å²) in [6, 6.07) is 12.2. The monoisotopic (exact) mass is 897 g/mol. The molecule has 2 heterocycles. The zero-order valence-electron chi connectivity index (χ0n) is 36.7. The first kappa shape index (κ1) is 46.7. The van der Waals surface area contributed by atoms with Crippen LogP contribution in [0.15, 0.2) is 53.9 Å². The Morgan fingerprint density at radius 2 is 1.65 bits per heavy atom. The fourth-order valence-electron chi connectivity index (χ4n) is 8.43. The normalized spacial score (nSPS) is 22.5. The standard InChI is InChI=1S/C42H56BN5O12S2/c1-39(2,3)57-35(50)27-18-14-17-25(33(27)55-10)19-31(43-59-30-21-26-20-29(41(26,7)8)42(30,9)60-43)45-34(49)32(47-62(53,54)48-38(52)58-40(4,5)6)28-23-61-36(44-28)46-37(51)56-22-24-15-12-11-13-16-24/h11-18,23,26,29-32,47H,19-22H2,1-10H3,(H,45,49)(H,48,52)(H,44,46,51)/t26-,29+,30?,31+,32?,42+/m1/s1. The molecule has 0 spiro atoms. The minimum atomic E-state index is -4.81. The van der Waals surface area contributed by atoms with Crippen molar-refractivity contribution in [1.29, 1.82) is 0 Å². The third-order valence-electron chi connectivity index (χ3n) is 11.4. The fourth-order valence-corrected chi connectivity index (χ4v) is 10.0. The maximum atomic E-state index is 14.7. The van der Waals surface area contributed by atoms with Crippen LogP contribution in [-0.4, -0.2) is 80.5 Å². The van der Waals surface area contributed by atoms with Crippen molar-refractivity contribution in [1.82, 2.24) is 19.7 Å². The number of benzene rings is 2. The molecule has 3 saturated carbocycles. The number of hydrogen-bond donors (Lipinski definition) is 4. The molecule has 4 N–H and O–H groups in total. The third kappa shape index (κ3) is 10.9. The molecule has 17 nitrogen and oxygen atoms in total. The van der Waals surface area contributed by atoms with E-state index in [0.717, 1.165) is 29.7 Å². The largest absolute Gasteiger partial charge is 0.496 e. The van der Waals surface area contributed by atoms with Gasteiger partial charge in [-0.1, -0.05) is 56.3 Å². The fraction of sp³-hybridized carbons (Fsp3) is 0.548. The van der Waals surface area contributed by atoms with Gasteiger partial charge in [-0.25, -0.2) is 24.1 Å². The highest BCUT2D eigenvalue weighted by Gasteiger charge is 2.68. The number of anilines is 1. The number of nitrogens with one attached hydrogen (secondary N) is 4. The van der Waals surface area contributed by atoms with Crippen molar-refractivity contribution in [3.05, 3.63) is 76.3 Å². The number of hydrogen-bond acceptors (Lipinski definition) is 14. The average molecular weight is 898 g/mol. The second-order valence-corrected chi connectivity index (χ2v) is 20.9. The molecule has 2 unspecified atom stereocenters. The van der Waals surface area contributed by atoms with Crippen molar-refractivity contribution in [2.75, 3.05) is 12.4 Å². The quantitative estimate of drug-likeness (QED) is 0.0800. The molecule has 2 aromatic carbocycles. The van der Waals surface area contributed by atoms with Crippen LogP contribution in [0.4, 0.5) is 14.7 Å². The molecule has 3 aromatic rings. The minimum Gasteiger partial charge on any atom is -0.496 e. The van der Waals surface area contributed by atoms with Gasteiger partial charge < -0.3 is 33.6 Å². The summed E-state index contributed by atoms with van der Waals surface area (Å²) in [6.45, 7) is 16.4. The number of methoxy groups -OCH3 is 1. The Morgan fingerprint density at radius 3 is 2.29 bits per heavy atom. The summed E-state index contributed by atoms with van der Waals surface area (Å²) in [5, 5.41) is 6.83. The van der Waals surface area contributed by atoms with Crippen LogP contribution in [-0.2, 0) is 51.6 Å². The number of thiazole rings is 1. The van der Waals surface area contributed by atoms with E-state index < -0.39 is 70.2 Å². The van der Waals surface area contributed by atoms with Gasteiger partial charge in [0.1, 0.15) is 35.2 Å². The van der Waals surface area contributed by atoms with Crippen molar-refractivity contribution in [2.24, 2.45) is 17.3 Å². The summed E-state index contributed by atoms with van der Waals surface area (Å²) in [5.74, 6) is -1.74. The summed E-state index contributed by atoms with van der Waals surface area (Å²) in [4.78, 5) is 57.8. The second kappa shape index (κ2) is 17.8. The van der Waals surface area contributed by atoms with Gasteiger partial charge in [0.2, 0.25) is 5.91 Å². The lowest BCUT2D eigenvalue weighted by Crippen LogP contribution is -2.65. The highest BCUT2D eigenvalue weighted by Crippen LogP contribution is 2.65. The highest BCUT2D eigenvalue weighted by atomic mass is 32.2. The van der Waals surface area contributed by atoms with E-state index in [1.807, 2.05) is 13.0 Å². The van der Waals surface area contributed by atoms with Gasteiger partial charge >= 0.3 is 35.5 Å². The number of esters is 1. The summed E-state index contributed by atoms with van der Waals surface area (Å²) >= 11 is 0.911. The van der Waals surface area contributed by atoms with Crippen LogP contribution in [0.2, 0.25) is 0 Å². The van der Waals surface area contributed by atoms with Crippen LogP contribution >= 0.6 is 11.3 Å². The zero-order chi connectivity index (χ0) is 45.4. The SMILES string of the molecule is COc1c(C[C@H](NC(=O)C(NS(=O)(=O)NC(=O)OC(C)(C)C)c2csc(NC(=O)OCc3ccccc3)n2)B2OC3C[C@H]4C[C@@H](C4(C)C)[C@]3(C)O2)cccc1C(=O)OC(C)(C)C. The van der Waals surface area contributed by atoms with Gasteiger partial charge in [-0.15, -0.1) is 11.3 Å². The predicted molar refractivity (Wildman–Crippen MR) is 230 cm³/mol. The third-order valence-corrected chi connectivity index (χ3v) is 13.1. The molecule has 0 radical (unpaired) electrons. The Bertz CT molecular complexity index is 2260. The van der Waals surface area contributed by atoms with E-state index in [4.69, 9.17) is 28.3 Å². The molecule has 7 rings (SSSR count). The Hall–Kier alpha value is -4.76. The van der Waals surface area contributed by atoms with Gasteiger partial charge in [-0.2, -0.15) is 13.1 Å². The van der Waals surface area contributed by atoms with Crippen molar-refractivity contribution in [3.63, 3.8) is 0 Å². The van der Waals surface area contributed by atoms with Gasteiger partial charge in [-0.3, -0.25) is 10.1 Å². The first-order valence-electron chi connectivity index (χ1n) is 20.4. The second-order valence-electron chi connectivity index (χ2n) is 18.6. The molecule has 3 amide bonds.